The molecule has 3 N–H and O–H groups in total. The standard InChI is InChI=1S/C27H28FN7O3S/c1-15(2)29-12-18-8-19(17(4)28)10-20(9-18)25(36)31-21-7-6-16(3)23(11-21)35-14-22(33-34-35)24-13-30-26(39-24)32-27(37)38-5/h6-11,13-15,29H,4,12H2,1-3,5H3,(H,31,36)(H,30,32,37). The molecule has 10 nitrogen and oxygen atoms in total. The second kappa shape index (κ2) is 12.0. The number of carbonyl (C=O) groups is 2. The molecule has 2 aromatic heterocycles. The number of thiazole rings is 1. The summed E-state index contributed by atoms with van der Waals surface area (Å²) in [6, 6.07) is 10.5. The Morgan fingerprint density at radius 1 is 1.15 bits per heavy atom. The molecule has 0 spiro atoms. The van der Waals surface area contributed by atoms with E-state index in [1.807, 2.05) is 26.8 Å². The largest absolute Gasteiger partial charge is 0.453 e. The number of hydrogen-bond acceptors (Lipinski definition) is 8. The molecule has 0 fully saturated rings. The molecule has 0 saturated carbocycles. The van der Waals surface area contributed by atoms with E-state index in [9.17, 15) is 14.0 Å². The maximum absolute atomic E-state index is 14.0. The van der Waals surface area contributed by atoms with E-state index in [0.717, 1.165) is 11.1 Å². The fraction of sp³-hybridized carbons (Fsp3) is 0.222. The summed E-state index contributed by atoms with van der Waals surface area (Å²) in [5, 5.41) is 17.5. The molecule has 0 aliphatic heterocycles. The lowest BCUT2D eigenvalue weighted by Gasteiger charge is -2.13. The van der Waals surface area contributed by atoms with Crippen LogP contribution in [0.3, 0.4) is 0 Å². The highest BCUT2D eigenvalue weighted by atomic mass is 32.1. The number of hydrogen-bond donors (Lipinski definition) is 3. The number of rotatable bonds is 9. The van der Waals surface area contributed by atoms with Gasteiger partial charge in [-0.05, 0) is 48.4 Å². The Balaban J connectivity index is 1.55. The van der Waals surface area contributed by atoms with Gasteiger partial charge in [0.15, 0.2) is 5.13 Å². The van der Waals surface area contributed by atoms with Crippen LogP contribution in [-0.4, -0.2) is 45.1 Å². The van der Waals surface area contributed by atoms with Gasteiger partial charge < -0.3 is 15.4 Å². The summed E-state index contributed by atoms with van der Waals surface area (Å²) in [7, 11) is 1.27. The number of nitrogens with one attached hydrogen (secondary N) is 3. The minimum absolute atomic E-state index is 0.234. The van der Waals surface area contributed by atoms with Crippen molar-refractivity contribution in [3.63, 3.8) is 0 Å². The Morgan fingerprint density at radius 2 is 1.92 bits per heavy atom. The highest BCUT2D eigenvalue weighted by Gasteiger charge is 2.15. The van der Waals surface area contributed by atoms with Crippen LogP contribution in [0, 0.1) is 6.92 Å². The molecule has 12 heteroatoms. The van der Waals surface area contributed by atoms with Gasteiger partial charge in [-0.15, -0.1) is 5.10 Å². The first-order valence-electron chi connectivity index (χ1n) is 12.0. The van der Waals surface area contributed by atoms with E-state index >= 15 is 0 Å². The molecule has 0 radical (unpaired) electrons. The zero-order chi connectivity index (χ0) is 28.1. The van der Waals surface area contributed by atoms with Crippen LogP contribution < -0.4 is 16.0 Å². The lowest BCUT2D eigenvalue weighted by Crippen LogP contribution is -2.22. The van der Waals surface area contributed by atoms with Crippen LogP contribution in [0.2, 0.25) is 0 Å². The minimum Gasteiger partial charge on any atom is -0.453 e. The number of aromatic nitrogens is 4. The van der Waals surface area contributed by atoms with Crippen molar-refractivity contribution in [1.82, 2.24) is 25.3 Å². The van der Waals surface area contributed by atoms with Gasteiger partial charge in [0, 0.05) is 35.6 Å². The maximum atomic E-state index is 14.0. The van der Waals surface area contributed by atoms with Crippen LogP contribution in [0.25, 0.3) is 22.1 Å². The van der Waals surface area contributed by atoms with Crippen molar-refractivity contribution in [3.05, 3.63) is 77.6 Å². The molecule has 0 aliphatic rings. The molecule has 2 amide bonds. The zero-order valence-corrected chi connectivity index (χ0v) is 22.7. The van der Waals surface area contributed by atoms with Crippen molar-refractivity contribution >= 4 is 40.0 Å². The van der Waals surface area contributed by atoms with E-state index in [1.165, 1.54) is 24.5 Å². The summed E-state index contributed by atoms with van der Waals surface area (Å²) in [4.78, 5) is 29.4. The number of anilines is 2. The summed E-state index contributed by atoms with van der Waals surface area (Å²) in [5.74, 6) is -0.988. The molecule has 0 saturated heterocycles. The van der Waals surface area contributed by atoms with Crippen molar-refractivity contribution in [2.75, 3.05) is 17.7 Å². The lowest BCUT2D eigenvalue weighted by atomic mass is 10.0. The average molecular weight is 550 g/mol. The van der Waals surface area contributed by atoms with E-state index in [0.29, 0.717) is 39.2 Å². The molecule has 4 aromatic rings. The summed E-state index contributed by atoms with van der Waals surface area (Å²) >= 11 is 1.23. The molecule has 4 rings (SSSR count). The van der Waals surface area contributed by atoms with Gasteiger partial charge in [-0.3, -0.25) is 10.1 Å². The molecule has 2 aromatic carbocycles. The first-order valence-corrected chi connectivity index (χ1v) is 12.8. The van der Waals surface area contributed by atoms with Crippen LogP contribution in [0.5, 0.6) is 0 Å². The number of methoxy groups -OCH3 is 1. The SMILES string of the molecule is C=C(F)c1cc(CNC(C)C)cc(C(=O)Nc2ccc(C)c(-n3cc(-c4cnc(NC(=O)OC)s4)nn3)c2)c1. The van der Waals surface area contributed by atoms with Gasteiger partial charge in [0.25, 0.3) is 5.91 Å². The third-order valence-corrected chi connectivity index (χ3v) is 6.58. The number of ether oxygens (including phenoxy) is 1. The Hall–Kier alpha value is -4.42. The highest BCUT2D eigenvalue weighted by Crippen LogP contribution is 2.29. The van der Waals surface area contributed by atoms with E-state index in [1.54, 1.807) is 41.3 Å². The number of benzene rings is 2. The van der Waals surface area contributed by atoms with Gasteiger partial charge >= 0.3 is 6.09 Å². The quantitative estimate of drug-likeness (QED) is 0.249. The zero-order valence-electron chi connectivity index (χ0n) is 21.9. The molecular formula is C27H28FN7O3S. The van der Waals surface area contributed by atoms with Gasteiger partial charge in [0.05, 0.1) is 23.9 Å². The summed E-state index contributed by atoms with van der Waals surface area (Å²) in [5.41, 5.74) is 4.06. The van der Waals surface area contributed by atoms with Crippen LogP contribution in [0.1, 0.15) is 40.9 Å². The Morgan fingerprint density at radius 3 is 2.64 bits per heavy atom. The molecule has 0 atom stereocenters. The minimum atomic E-state index is -0.612. The van der Waals surface area contributed by atoms with Crippen LogP contribution >= 0.6 is 11.3 Å². The van der Waals surface area contributed by atoms with Crippen molar-refractivity contribution < 1.29 is 18.7 Å². The summed E-state index contributed by atoms with van der Waals surface area (Å²) in [6.45, 7) is 9.80. The van der Waals surface area contributed by atoms with E-state index in [4.69, 9.17) is 0 Å². The van der Waals surface area contributed by atoms with E-state index < -0.39 is 11.9 Å². The van der Waals surface area contributed by atoms with Crippen molar-refractivity contribution in [2.24, 2.45) is 0 Å². The van der Waals surface area contributed by atoms with Gasteiger partial charge in [-0.2, -0.15) is 0 Å². The smallest absolute Gasteiger partial charge is 0.413 e. The normalized spacial score (nSPS) is 10.9. The van der Waals surface area contributed by atoms with Crippen LogP contribution in [0.15, 0.2) is 55.4 Å². The Labute approximate surface area is 228 Å². The number of halogens is 1. The molecule has 2 heterocycles. The molecule has 0 aliphatic carbocycles. The summed E-state index contributed by atoms with van der Waals surface area (Å²) in [6.07, 6.45) is 2.70. The maximum Gasteiger partial charge on any atom is 0.413 e. The predicted octanol–water partition coefficient (Wildman–Crippen LogP) is 5.57. The number of carbonyl (C=O) groups excluding carboxylic acids is 2. The van der Waals surface area contributed by atoms with Crippen molar-refractivity contribution in [3.8, 4) is 16.3 Å². The number of amides is 2. The van der Waals surface area contributed by atoms with Crippen molar-refractivity contribution in [1.29, 1.82) is 0 Å². The second-order valence-corrected chi connectivity index (χ2v) is 10.0. The van der Waals surface area contributed by atoms with Gasteiger partial charge in [-0.1, -0.05) is 43.0 Å². The Kier molecular flexibility index (Phi) is 8.47. The number of nitrogens with zero attached hydrogens (tertiary/aromatic N) is 4. The van der Waals surface area contributed by atoms with Gasteiger partial charge in [0.2, 0.25) is 0 Å². The van der Waals surface area contributed by atoms with Crippen LogP contribution in [-0.2, 0) is 11.3 Å². The van der Waals surface area contributed by atoms with Gasteiger partial charge in [0.1, 0.15) is 11.5 Å². The second-order valence-electron chi connectivity index (χ2n) is 9.01. The van der Waals surface area contributed by atoms with E-state index in [2.05, 4.69) is 42.6 Å². The highest BCUT2D eigenvalue weighted by molar-refractivity contribution is 7.19. The summed E-state index contributed by atoms with van der Waals surface area (Å²) < 4.78 is 20.2. The Bertz CT molecular complexity index is 1530. The molecule has 202 valence electrons. The first kappa shape index (κ1) is 27.6. The predicted molar refractivity (Wildman–Crippen MR) is 150 cm³/mol. The lowest BCUT2D eigenvalue weighted by molar-refractivity contribution is 0.102. The molecule has 0 unspecified atom stereocenters. The van der Waals surface area contributed by atoms with Crippen molar-refractivity contribution in [2.45, 2.75) is 33.4 Å². The monoisotopic (exact) mass is 549 g/mol. The van der Waals surface area contributed by atoms with Gasteiger partial charge in [-0.25, -0.2) is 18.9 Å². The number of aryl methyl sites for hydroxylation is 1. The topological polar surface area (TPSA) is 123 Å². The molecule has 39 heavy (non-hydrogen) atoms. The fourth-order valence-corrected chi connectivity index (χ4v) is 4.38. The fourth-order valence-electron chi connectivity index (χ4n) is 3.62. The van der Waals surface area contributed by atoms with E-state index in [-0.39, 0.29) is 17.5 Å². The third-order valence-electron chi connectivity index (χ3n) is 5.64. The molecule has 0 bridgehead atoms. The third kappa shape index (κ3) is 6.92. The van der Waals surface area contributed by atoms with Crippen LogP contribution in [0.4, 0.5) is 20.0 Å². The first-order chi connectivity index (χ1) is 18.6. The molecular weight excluding hydrogens is 521 g/mol. The average Bonchev–Trinajstić information content (AvgIpc) is 3.58.